The van der Waals surface area contributed by atoms with Gasteiger partial charge in [-0.1, -0.05) is 142 Å². The van der Waals surface area contributed by atoms with Gasteiger partial charge in [-0.2, -0.15) is 0 Å². The Kier molecular flexibility index (Phi) is 28.6. The normalized spacial score (nSPS) is 12.0. The molecule has 0 saturated carbocycles. The van der Waals surface area contributed by atoms with E-state index in [4.69, 9.17) is 14.2 Å². The largest absolute Gasteiger partial charge is 0.462 e. The van der Waals surface area contributed by atoms with Crippen LogP contribution in [0.2, 0.25) is 0 Å². The van der Waals surface area contributed by atoms with Crippen LogP contribution in [-0.2, 0) is 23.8 Å². The fourth-order valence-electron chi connectivity index (χ4n) is 4.67. The summed E-state index contributed by atoms with van der Waals surface area (Å²) in [6, 6.07) is 0. The van der Waals surface area contributed by atoms with Crippen LogP contribution >= 0.6 is 0 Å². The number of hydrogen-bond donors (Lipinski definition) is 0. The van der Waals surface area contributed by atoms with E-state index in [9.17, 15) is 9.59 Å². The van der Waals surface area contributed by atoms with Gasteiger partial charge in [-0.3, -0.25) is 9.59 Å². The van der Waals surface area contributed by atoms with Gasteiger partial charge in [-0.25, -0.2) is 0 Å². The average molecular weight is 527 g/mol. The van der Waals surface area contributed by atoms with Crippen molar-refractivity contribution in [2.45, 2.75) is 174 Å². The van der Waals surface area contributed by atoms with Crippen LogP contribution in [0.4, 0.5) is 0 Å². The Labute approximate surface area is 230 Å². The van der Waals surface area contributed by atoms with Crippen molar-refractivity contribution < 1.29 is 23.8 Å². The quantitative estimate of drug-likeness (QED) is 0.0717. The molecule has 220 valence electrons. The van der Waals surface area contributed by atoms with E-state index in [1.54, 1.807) is 7.11 Å². The van der Waals surface area contributed by atoms with Gasteiger partial charge in [-0.15, -0.1) is 0 Å². The predicted octanol–water partition coefficient (Wildman–Crippen LogP) is 9.49. The molecule has 0 aliphatic rings. The van der Waals surface area contributed by atoms with Gasteiger partial charge in [0.2, 0.25) is 0 Å². The predicted molar refractivity (Wildman–Crippen MR) is 155 cm³/mol. The van der Waals surface area contributed by atoms with Crippen molar-refractivity contribution in [3.63, 3.8) is 0 Å². The SMILES string of the molecule is CCCCCCCCCCCCCC(=O)OC[C@H](COC)OC(=O)CCCCCCCCCCCCC. The number of unbranched alkanes of at least 4 members (excludes halogenated alkanes) is 20. The molecule has 0 aromatic carbocycles. The first-order valence-electron chi connectivity index (χ1n) is 16.0. The molecule has 5 heteroatoms. The monoisotopic (exact) mass is 526 g/mol. The number of rotatable bonds is 29. The summed E-state index contributed by atoms with van der Waals surface area (Å²) in [4.78, 5) is 24.3. The summed E-state index contributed by atoms with van der Waals surface area (Å²) in [7, 11) is 1.57. The fraction of sp³-hybridized carbons (Fsp3) is 0.938. The van der Waals surface area contributed by atoms with E-state index < -0.39 is 6.10 Å². The number of hydrogen-bond acceptors (Lipinski definition) is 5. The van der Waals surface area contributed by atoms with Crippen LogP contribution in [0.25, 0.3) is 0 Å². The highest BCUT2D eigenvalue weighted by Crippen LogP contribution is 2.14. The highest BCUT2D eigenvalue weighted by molar-refractivity contribution is 5.70. The molecule has 0 bridgehead atoms. The van der Waals surface area contributed by atoms with Crippen molar-refractivity contribution >= 4 is 11.9 Å². The highest BCUT2D eigenvalue weighted by atomic mass is 16.6. The molecule has 0 aromatic heterocycles. The minimum absolute atomic E-state index is 0.0781. The minimum Gasteiger partial charge on any atom is -0.462 e. The molecule has 0 aliphatic heterocycles. The number of ether oxygens (including phenoxy) is 3. The molecule has 0 N–H and O–H groups in total. The maximum Gasteiger partial charge on any atom is 0.306 e. The van der Waals surface area contributed by atoms with Crippen molar-refractivity contribution in [1.29, 1.82) is 0 Å². The van der Waals surface area contributed by atoms with Gasteiger partial charge in [0.15, 0.2) is 6.10 Å². The molecule has 0 spiro atoms. The molecule has 0 unspecified atom stereocenters. The molecule has 0 aliphatic carbocycles. The molecule has 1 atom stereocenters. The van der Waals surface area contributed by atoms with Crippen LogP contribution in [0.15, 0.2) is 0 Å². The summed E-state index contributed by atoms with van der Waals surface area (Å²) in [5, 5.41) is 0. The number of carbonyl (C=O) groups excluding carboxylic acids is 2. The molecule has 5 nitrogen and oxygen atoms in total. The number of carbonyl (C=O) groups is 2. The van der Waals surface area contributed by atoms with Gasteiger partial charge in [0.05, 0.1) is 6.61 Å². The Morgan fingerprint density at radius 1 is 0.486 bits per heavy atom. The summed E-state index contributed by atoms with van der Waals surface area (Å²) in [6.07, 6.45) is 27.9. The van der Waals surface area contributed by atoms with Crippen LogP contribution in [0, 0.1) is 0 Å². The molecule has 0 rings (SSSR count). The Morgan fingerprint density at radius 3 is 1.22 bits per heavy atom. The lowest BCUT2D eigenvalue weighted by atomic mass is 10.1. The molecular weight excluding hydrogens is 464 g/mol. The van der Waals surface area contributed by atoms with Crippen molar-refractivity contribution in [2.75, 3.05) is 20.3 Å². The maximum atomic E-state index is 12.2. The summed E-state index contributed by atoms with van der Waals surface area (Å²) < 4.78 is 16.0. The van der Waals surface area contributed by atoms with Crippen LogP contribution in [0.3, 0.4) is 0 Å². The van der Waals surface area contributed by atoms with E-state index >= 15 is 0 Å². The smallest absolute Gasteiger partial charge is 0.306 e. The first-order valence-corrected chi connectivity index (χ1v) is 16.0. The second-order valence-electron chi connectivity index (χ2n) is 10.8. The van der Waals surface area contributed by atoms with E-state index in [0.29, 0.717) is 12.8 Å². The second kappa shape index (κ2) is 29.5. The zero-order valence-corrected chi connectivity index (χ0v) is 25.0. The third kappa shape index (κ3) is 27.7. The zero-order chi connectivity index (χ0) is 27.2. The minimum atomic E-state index is -0.522. The lowest BCUT2D eigenvalue weighted by molar-refractivity contribution is -0.162. The first kappa shape index (κ1) is 35.9. The first-order chi connectivity index (χ1) is 18.1. The Balaban J connectivity index is 3.68. The van der Waals surface area contributed by atoms with Crippen molar-refractivity contribution in [3.05, 3.63) is 0 Å². The van der Waals surface area contributed by atoms with Crippen LogP contribution in [0.1, 0.15) is 168 Å². The Morgan fingerprint density at radius 2 is 0.838 bits per heavy atom. The topological polar surface area (TPSA) is 61.8 Å². The average Bonchev–Trinajstić information content (AvgIpc) is 2.89. The third-order valence-corrected chi connectivity index (χ3v) is 7.05. The van der Waals surface area contributed by atoms with Gasteiger partial charge < -0.3 is 14.2 Å². The molecule has 0 amide bonds. The van der Waals surface area contributed by atoms with Gasteiger partial charge in [-0.05, 0) is 12.8 Å². The molecule has 0 saturated heterocycles. The van der Waals surface area contributed by atoms with Gasteiger partial charge in [0.1, 0.15) is 6.61 Å². The lowest BCUT2D eigenvalue weighted by Crippen LogP contribution is -2.29. The Hall–Kier alpha value is -1.10. The summed E-state index contributed by atoms with van der Waals surface area (Å²) in [6.45, 7) is 4.83. The van der Waals surface area contributed by atoms with Crippen molar-refractivity contribution in [3.8, 4) is 0 Å². The lowest BCUT2D eigenvalue weighted by Gasteiger charge is -2.17. The van der Waals surface area contributed by atoms with Crippen molar-refractivity contribution in [2.24, 2.45) is 0 Å². The van der Waals surface area contributed by atoms with E-state index in [1.807, 2.05) is 0 Å². The molecular formula is C32H62O5. The van der Waals surface area contributed by atoms with Crippen LogP contribution in [-0.4, -0.2) is 38.4 Å². The molecule has 0 aromatic rings. The third-order valence-electron chi connectivity index (χ3n) is 7.05. The summed E-state index contributed by atoms with van der Waals surface area (Å²) in [5.41, 5.74) is 0. The van der Waals surface area contributed by atoms with Gasteiger partial charge in [0.25, 0.3) is 0 Å². The van der Waals surface area contributed by atoms with E-state index in [1.165, 1.54) is 116 Å². The van der Waals surface area contributed by atoms with Crippen LogP contribution in [0.5, 0.6) is 0 Å². The standard InChI is InChI=1S/C32H62O5/c1-4-6-8-10-12-14-16-18-20-22-24-26-31(33)36-29-30(28-35-3)37-32(34)27-25-23-21-19-17-15-13-11-9-7-5-2/h30H,4-29H2,1-3H3/t30-/m0/s1. The van der Waals surface area contributed by atoms with Gasteiger partial charge in [0, 0.05) is 20.0 Å². The second-order valence-corrected chi connectivity index (χ2v) is 10.8. The van der Waals surface area contributed by atoms with Crippen LogP contribution < -0.4 is 0 Å². The molecule has 0 radical (unpaired) electrons. The zero-order valence-electron chi connectivity index (χ0n) is 25.0. The maximum absolute atomic E-state index is 12.2. The molecule has 37 heavy (non-hydrogen) atoms. The van der Waals surface area contributed by atoms with E-state index in [2.05, 4.69) is 13.8 Å². The van der Waals surface area contributed by atoms with E-state index in [0.717, 1.165) is 25.7 Å². The van der Waals surface area contributed by atoms with E-state index in [-0.39, 0.29) is 25.2 Å². The number of esters is 2. The van der Waals surface area contributed by atoms with Crippen molar-refractivity contribution in [1.82, 2.24) is 0 Å². The fourth-order valence-corrected chi connectivity index (χ4v) is 4.67. The highest BCUT2D eigenvalue weighted by Gasteiger charge is 2.17. The van der Waals surface area contributed by atoms with Gasteiger partial charge >= 0.3 is 11.9 Å². The molecule has 0 heterocycles. The summed E-state index contributed by atoms with van der Waals surface area (Å²) in [5.74, 6) is -0.433. The Bertz CT molecular complexity index is 494. The summed E-state index contributed by atoms with van der Waals surface area (Å²) >= 11 is 0. The number of methoxy groups -OCH3 is 1. The molecule has 0 fully saturated rings.